The molecule has 0 radical (unpaired) electrons. The number of hydrogen-bond donors (Lipinski definition) is 2. The van der Waals surface area contributed by atoms with E-state index < -0.39 is 0 Å². The van der Waals surface area contributed by atoms with Gasteiger partial charge in [-0.1, -0.05) is 0 Å². The molecule has 0 atom stereocenters. The Bertz CT molecular complexity index is 510. The van der Waals surface area contributed by atoms with Gasteiger partial charge >= 0.3 is 0 Å². The first kappa shape index (κ1) is 13.6. The van der Waals surface area contributed by atoms with E-state index in [2.05, 4.69) is 15.7 Å². The Morgan fingerprint density at radius 2 is 2.47 bits per heavy atom. The molecule has 0 amide bonds. The van der Waals surface area contributed by atoms with Crippen molar-refractivity contribution in [2.45, 2.75) is 20.2 Å². The van der Waals surface area contributed by atoms with E-state index in [1.807, 2.05) is 25.3 Å². The second-order valence-corrected chi connectivity index (χ2v) is 4.19. The summed E-state index contributed by atoms with van der Waals surface area (Å²) < 4.78 is 12.1. The van der Waals surface area contributed by atoms with E-state index in [-0.39, 0.29) is 0 Å². The number of hydrogen-bond acceptors (Lipinski definition) is 4. The fourth-order valence-electron chi connectivity index (χ4n) is 1.44. The first-order valence-corrected chi connectivity index (χ1v) is 6.36. The molecule has 6 nitrogen and oxygen atoms in total. The minimum absolute atomic E-state index is 0.435. The van der Waals surface area contributed by atoms with Crippen molar-refractivity contribution in [2.75, 3.05) is 11.9 Å². The summed E-state index contributed by atoms with van der Waals surface area (Å²) in [5.41, 5.74) is 0.816. The van der Waals surface area contributed by atoms with Crippen molar-refractivity contribution in [3.8, 4) is 0 Å². The number of thiocarbonyl (C=S) groups is 1. The summed E-state index contributed by atoms with van der Waals surface area (Å²) in [5.74, 6) is 0.830. The molecule has 0 aliphatic heterocycles. The maximum absolute atomic E-state index is 5.25. The molecular formula is C12H16N4O2S. The van der Waals surface area contributed by atoms with Crippen LogP contribution in [0, 0.1) is 0 Å². The molecule has 0 saturated heterocycles. The van der Waals surface area contributed by atoms with E-state index in [9.17, 15) is 0 Å². The van der Waals surface area contributed by atoms with Gasteiger partial charge in [0.05, 0.1) is 30.9 Å². The number of nitrogens with one attached hydrogen (secondary N) is 2. The van der Waals surface area contributed by atoms with Crippen molar-refractivity contribution in [3.05, 3.63) is 36.5 Å². The molecule has 2 aromatic heterocycles. The van der Waals surface area contributed by atoms with Gasteiger partial charge in [0.15, 0.2) is 5.11 Å². The first-order chi connectivity index (χ1) is 9.28. The van der Waals surface area contributed by atoms with Gasteiger partial charge in [0.2, 0.25) is 0 Å². The Labute approximate surface area is 116 Å². The standard InChI is InChI=1S/C12H16N4O2S/c1-2-17-9-16-8-10(6-14-16)15-12(19)13-7-11-4-3-5-18-11/h3-6,8H,2,7,9H2,1H3,(H2,13,15,19). The van der Waals surface area contributed by atoms with Crippen LogP contribution >= 0.6 is 12.2 Å². The number of ether oxygens (including phenoxy) is 1. The lowest BCUT2D eigenvalue weighted by atomic mass is 10.4. The van der Waals surface area contributed by atoms with Gasteiger partial charge in [-0.05, 0) is 31.3 Å². The summed E-state index contributed by atoms with van der Waals surface area (Å²) in [6.45, 7) is 3.58. The number of furan rings is 1. The van der Waals surface area contributed by atoms with Gasteiger partial charge < -0.3 is 19.8 Å². The van der Waals surface area contributed by atoms with Crippen molar-refractivity contribution in [2.24, 2.45) is 0 Å². The topological polar surface area (TPSA) is 64.2 Å². The number of anilines is 1. The van der Waals surface area contributed by atoms with Crippen LogP contribution in [0.4, 0.5) is 5.69 Å². The van der Waals surface area contributed by atoms with Crippen molar-refractivity contribution >= 4 is 23.0 Å². The van der Waals surface area contributed by atoms with Crippen LogP contribution in [0.15, 0.2) is 35.2 Å². The van der Waals surface area contributed by atoms with E-state index in [0.29, 0.717) is 25.0 Å². The number of rotatable bonds is 6. The molecule has 2 aromatic rings. The number of aromatic nitrogens is 2. The normalized spacial score (nSPS) is 10.4. The highest BCUT2D eigenvalue weighted by Gasteiger charge is 2.02. The van der Waals surface area contributed by atoms with Gasteiger partial charge in [-0.3, -0.25) is 0 Å². The highest BCUT2D eigenvalue weighted by Crippen LogP contribution is 2.05. The van der Waals surface area contributed by atoms with Crippen molar-refractivity contribution in [3.63, 3.8) is 0 Å². The second kappa shape index (κ2) is 6.91. The predicted molar refractivity (Wildman–Crippen MR) is 75.6 cm³/mol. The van der Waals surface area contributed by atoms with E-state index in [1.165, 1.54) is 0 Å². The molecule has 2 N–H and O–H groups in total. The number of nitrogens with zero attached hydrogens (tertiary/aromatic N) is 2. The smallest absolute Gasteiger partial charge is 0.171 e. The van der Waals surface area contributed by atoms with Gasteiger partial charge in [0, 0.05) is 6.61 Å². The average Bonchev–Trinajstić information content (AvgIpc) is 3.05. The van der Waals surface area contributed by atoms with E-state index >= 15 is 0 Å². The second-order valence-electron chi connectivity index (χ2n) is 3.78. The van der Waals surface area contributed by atoms with Gasteiger partial charge in [0.25, 0.3) is 0 Å². The zero-order chi connectivity index (χ0) is 13.5. The zero-order valence-corrected chi connectivity index (χ0v) is 11.4. The minimum Gasteiger partial charge on any atom is -0.467 e. The fraction of sp³-hybridized carbons (Fsp3) is 0.333. The van der Waals surface area contributed by atoms with Crippen LogP contribution in [0.2, 0.25) is 0 Å². The van der Waals surface area contributed by atoms with E-state index in [0.717, 1.165) is 11.4 Å². The molecular weight excluding hydrogens is 264 g/mol. The van der Waals surface area contributed by atoms with Crippen LogP contribution in [0.25, 0.3) is 0 Å². The van der Waals surface area contributed by atoms with Gasteiger partial charge in [0.1, 0.15) is 12.5 Å². The molecule has 2 rings (SSSR count). The summed E-state index contributed by atoms with van der Waals surface area (Å²) in [6, 6.07) is 3.72. The molecule has 102 valence electrons. The Kier molecular flexibility index (Phi) is 4.93. The third kappa shape index (κ3) is 4.38. The Hall–Kier alpha value is -1.86. The molecule has 7 heteroatoms. The van der Waals surface area contributed by atoms with Crippen LogP contribution in [-0.2, 0) is 18.0 Å². The zero-order valence-electron chi connectivity index (χ0n) is 10.6. The molecule has 0 bridgehead atoms. The van der Waals surface area contributed by atoms with Crippen LogP contribution in [-0.4, -0.2) is 21.5 Å². The Morgan fingerprint density at radius 1 is 1.58 bits per heavy atom. The molecule has 19 heavy (non-hydrogen) atoms. The predicted octanol–water partition coefficient (Wildman–Crippen LogP) is 1.96. The monoisotopic (exact) mass is 280 g/mol. The van der Waals surface area contributed by atoms with Crippen molar-refractivity contribution in [1.82, 2.24) is 15.1 Å². The molecule has 0 fully saturated rings. The minimum atomic E-state index is 0.435. The van der Waals surface area contributed by atoms with Crippen LogP contribution in [0.5, 0.6) is 0 Å². The molecule has 0 aliphatic carbocycles. The highest BCUT2D eigenvalue weighted by molar-refractivity contribution is 7.80. The molecule has 0 aromatic carbocycles. The lowest BCUT2D eigenvalue weighted by Gasteiger charge is -2.07. The van der Waals surface area contributed by atoms with Crippen LogP contribution in [0.3, 0.4) is 0 Å². The SMILES string of the molecule is CCOCn1cc(NC(=S)NCc2ccco2)cn1. The quantitative estimate of drug-likeness (QED) is 0.789. The maximum atomic E-state index is 5.25. The summed E-state index contributed by atoms with van der Waals surface area (Å²) in [7, 11) is 0. The largest absolute Gasteiger partial charge is 0.467 e. The molecule has 0 aliphatic rings. The first-order valence-electron chi connectivity index (χ1n) is 5.95. The lowest BCUT2D eigenvalue weighted by molar-refractivity contribution is 0.0792. The lowest BCUT2D eigenvalue weighted by Crippen LogP contribution is -2.27. The molecule has 0 saturated carbocycles. The summed E-state index contributed by atoms with van der Waals surface area (Å²) in [5, 5.41) is 10.7. The molecule has 0 unspecified atom stereocenters. The maximum Gasteiger partial charge on any atom is 0.171 e. The third-order valence-corrected chi connectivity index (χ3v) is 2.57. The van der Waals surface area contributed by atoms with Gasteiger partial charge in [-0.2, -0.15) is 5.10 Å². The van der Waals surface area contributed by atoms with E-state index in [4.69, 9.17) is 21.4 Å². The fourth-order valence-corrected chi connectivity index (χ4v) is 1.63. The third-order valence-electron chi connectivity index (χ3n) is 2.32. The highest BCUT2D eigenvalue weighted by atomic mass is 32.1. The summed E-state index contributed by atoms with van der Waals surface area (Å²) >= 11 is 5.17. The molecule has 0 spiro atoms. The summed E-state index contributed by atoms with van der Waals surface area (Å²) in [4.78, 5) is 0. The van der Waals surface area contributed by atoms with Crippen LogP contribution < -0.4 is 10.6 Å². The Balaban J connectivity index is 1.76. The van der Waals surface area contributed by atoms with E-state index in [1.54, 1.807) is 17.1 Å². The Morgan fingerprint density at radius 3 is 3.21 bits per heavy atom. The van der Waals surface area contributed by atoms with Crippen molar-refractivity contribution in [1.29, 1.82) is 0 Å². The van der Waals surface area contributed by atoms with Crippen molar-refractivity contribution < 1.29 is 9.15 Å². The summed E-state index contributed by atoms with van der Waals surface area (Å²) in [6.07, 6.45) is 5.15. The van der Waals surface area contributed by atoms with Gasteiger partial charge in [-0.15, -0.1) is 0 Å². The molecule has 2 heterocycles. The average molecular weight is 280 g/mol. The van der Waals surface area contributed by atoms with Crippen LogP contribution in [0.1, 0.15) is 12.7 Å². The van der Waals surface area contributed by atoms with Gasteiger partial charge in [-0.25, -0.2) is 4.68 Å².